The van der Waals surface area contributed by atoms with Gasteiger partial charge in [0, 0.05) is 12.6 Å². The molecule has 0 radical (unpaired) electrons. The van der Waals surface area contributed by atoms with Crippen molar-refractivity contribution in [2.75, 3.05) is 13.2 Å². The van der Waals surface area contributed by atoms with Crippen molar-refractivity contribution < 1.29 is 14.6 Å². The van der Waals surface area contributed by atoms with Crippen molar-refractivity contribution in [2.24, 2.45) is 5.92 Å². The minimum absolute atomic E-state index is 0.0332. The van der Waals surface area contributed by atoms with Crippen molar-refractivity contribution in [2.45, 2.75) is 40.2 Å². The molecule has 2 atom stereocenters. The smallest absolute Gasteiger partial charge is 0.223 e. The number of hydrogen-bond donors (Lipinski definition) is 2. The summed E-state index contributed by atoms with van der Waals surface area (Å²) in [5, 5.41) is 11.9. The number of carbonyl (C=O) groups is 1. The Morgan fingerprint density at radius 3 is 2.60 bits per heavy atom. The molecule has 0 saturated heterocycles. The van der Waals surface area contributed by atoms with Crippen LogP contribution in [0.3, 0.4) is 0 Å². The van der Waals surface area contributed by atoms with E-state index in [1.54, 1.807) is 0 Å². The molecule has 0 bridgehead atoms. The van der Waals surface area contributed by atoms with Crippen LogP contribution in [-0.2, 0) is 4.79 Å². The molecule has 0 aromatic heterocycles. The number of benzene rings is 1. The molecule has 1 aromatic carbocycles. The monoisotopic (exact) mass is 279 g/mol. The number of hydrogen-bond acceptors (Lipinski definition) is 3. The van der Waals surface area contributed by atoms with E-state index in [0.29, 0.717) is 13.0 Å². The van der Waals surface area contributed by atoms with Gasteiger partial charge in [0.15, 0.2) is 0 Å². The second-order valence-electron chi connectivity index (χ2n) is 5.36. The van der Waals surface area contributed by atoms with Crippen molar-refractivity contribution in [3.05, 3.63) is 29.3 Å². The summed E-state index contributed by atoms with van der Waals surface area (Å²) in [6.45, 7) is 8.30. The van der Waals surface area contributed by atoms with Crippen LogP contribution in [0.25, 0.3) is 0 Å². The van der Waals surface area contributed by atoms with Crippen molar-refractivity contribution in [3.63, 3.8) is 0 Å². The van der Waals surface area contributed by atoms with Gasteiger partial charge in [-0.05, 0) is 49.9 Å². The highest BCUT2D eigenvalue weighted by atomic mass is 16.5. The Bertz CT molecular complexity index is 445. The zero-order valence-corrected chi connectivity index (χ0v) is 12.8. The molecular weight excluding hydrogens is 254 g/mol. The van der Waals surface area contributed by atoms with Crippen LogP contribution in [0.2, 0.25) is 0 Å². The fourth-order valence-electron chi connectivity index (χ4n) is 1.69. The number of aliphatic hydroxyl groups excluding tert-OH is 1. The number of aliphatic hydroxyl groups is 1. The highest BCUT2D eigenvalue weighted by molar-refractivity contribution is 5.76. The first-order chi connectivity index (χ1) is 9.43. The van der Waals surface area contributed by atoms with E-state index in [-0.39, 0.29) is 24.5 Å². The van der Waals surface area contributed by atoms with Crippen LogP contribution in [0.15, 0.2) is 18.2 Å². The summed E-state index contributed by atoms with van der Waals surface area (Å²) in [5.74, 6) is 0.791. The molecule has 20 heavy (non-hydrogen) atoms. The highest BCUT2D eigenvalue weighted by Crippen LogP contribution is 2.16. The first-order valence-electron chi connectivity index (χ1n) is 7.04. The molecule has 1 rings (SSSR count). The number of carbonyl (C=O) groups excluding carboxylic acids is 1. The van der Waals surface area contributed by atoms with Crippen LogP contribution >= 0.6 is 0 Å². The van der Waals surface area contributed by atoms with Crippen LogP contribution in [0, 0.1) is 19.8 Å². The van der Waals surface area contributed by atoms with Crippen molar-refractivity contribution in [3.8, 4) is 5.75 Å². The van der Waals surface area contributed by atoms with Gasteiger partial charge < -0.3 is 15.2 Å². The molecule has 1 amide bonds. The van der Waals surface area contributed by atoms with Crippen LogP contribution in [-0.4, -0.2) is 30.3 Å². The van der Waals surface area contributed by atoms with Crippen molar-refractivity contribution in [1.29, 1.82) is 0 Å². The van der Waals surface area contributed by atoms with E-state index in [9.17, 15) is 4.79 Å². The third-order valence-electron chi connectivity index (χ3n) is 3.61. The lowest BCUT2D eigenvalue weighted by molar-refractivity contribution is -0.122. The number of aryl methyl sites for hydroxylation is 2. The molecule has 0 saturated carbocycles. The summed E-state index contributed by atoms with van der Waals surface area (Å²) >= 11 is 0. The molecular formula is C16H25NO3. The Balaban J connectivity index is 2.33. The second kappa shape index (κ2) is 7.90. The molecule has 4 nitrogen and oxygen atoms in total. The second-order valence-corrected chi connectivity index (χ2v) is 5.36. The predicted octanol–water partition coefficient (Wildman–Crippen LogP) is 2.21. The lowest BCUT2D eigenvalue weighted by Crippen LogP contribution is -2.38. The Morgan fingerprint density at radius 1 is 1.30 bits per heavy atom. The van der Waals surface area contributed by atoms with Crippen LogP contribution in [0.1, 0.15) is 31.4 Å². The Labute approximate surface area is 121 Å². The topological polar surface area (TPSA) is 58.6 Å². The van der Waals surface area contributed by atoms with E-state index < -0.39 is 0 Å². The standard InChI is InChI=1S/C16H25NO3/c1-11-5-6-15(9-12(11)2)20-8-7-16(19)17-14(4)13(3)10-18/h5-6,9,13-14,18H,7-8,10H2,1-4H3,(H,17,19). The van der Waals surface area contributed by atoms with Gasteiger partial charge in [-0.2, -0.15) is 0 Å². The summed E-state index contributed by atoms with van der Waals surface area (Å²) in [6.07, 6.45) is 0.315. The van der Waals surface area contributed by atoms with Gasteiger partial charge in [-0.1, -0.05) is 13.0 Å². The third kappa shape index (κ3) is 5.21. The van der Waals surface area contributed by atoms with Gasteiger partial charge in [-0.15, -0.1) is 0 Å². The van der Waals surface area contributed by atoms with Gasteiger partial charge in [0.25, 0.3) is 0 Å². The molecule has 4 heteroatoms. The summed E-state index contributed by atoms with van der Waals surface area (Å²) in [5.41, 5.74) is 2.40. The lowest BCUT2D eigenvalue weighted by atomic mass is 10.1. The van der Waals surface area contributed by atoms with E-state index in [1.165, 1.54) is 11.1 Å². The average Bonchev–Trinajstić information content (AvgIpc) is 2.41. The molecule has 0 aliphatic rings. The Morgan fingerprint density at radius 2 is 2.00 bits per heavy atom. The molecule has 0 aliphatic carbocycles. The molecule has 0 aliphatic heterocycles. The highest BCUT2D eigenvalue weighted by Gasteiger charge is 2.13. The van der Waals surface area contributed by atoms with E-state index >= 15 is 0 Å². The van der Waals surface area contributed by atoms with Crippen LogP contribution in [0.4, 0.5) is 0 Å². The maximum Gasteiger partial charge on any atom is 0.223 e. The van der Waals surface area contributed by atoms with E-state index in [1.807, 2.05) is 39.0 Å². The van der Waals surface area contributed by atoms with Gasteiger partial charge in [-0.25, -0.2) is 0 Å². The number of amides is 1. The molecule has 1 aromatic rings. The fourth-order valence-corrected chi connectivity index (χ4v) is 1.69. The van der Waals surface area contributed by atoms with E-state index in [4.69, 9.17) is 9.84 Å². The summed E-state index contributed by atoms with van der Waals surface area (Å²) in [4.78, 5) is 11.7. The van der Waals surface area contributed by atoms with Crippen molar-refractivity contribution >= 4 is 5.91 Å². The van der Waals surface area contributed by atoms with Crippen LogP contribution in [0.5, 0.6) is 5.75 Å². The van der Waals surface area contributed by atoms with E-state index in [0.717, 1.165) is 5.75 Å². The van der Waals surface area contributed by atoms with Gasteiger partial charge in [-0.3, -0.25) is 4.79 Å². The number of nitrogens with one attached hydrogen (secondary N) is 1. The Hall–Kier alpha value is -1.55. The van der Waals surface area contributed by atoms with Gasteiger partial charge in [0.05, 0.1) is 13.0 Å². The lowest BCUT2D eigenvalue weighted by Gasteiger charge is -2.19. The Kier molecular flexibility index (Phi) is 6.52. The van der Waals surface area contributed by atoms with Gasteiger partial charge in [0.2, 0.25) is 5.91 Å². The predicted molar refractivity (Wildman–Crippen MR) is 79.9 cm³/mol. The number of ether oxygens (including phenoxy) is 1. The maximum atomic E-state index is 11.7. The molecule has 2 unspecified atom stereocenters. The molecule has 112 valence electrons. The largest absolute Gasteiger partial charge is 0.493 e. The SMILES string of the molecule is Cc1ccc(OCCC(=O)NC(C)C(C)CO)cc1C. The normalized spacial score (nSPS) is 13.7. The van der Waals surface area contributed by atoms with E-state index in [2.05, 4.69) is 12.2 Å². The molecule has 0 fully saturated rings. The first kappa shape index (κ1) is 16.5. The first-order valence-corrected chi connectivity index (χ1v) is 7.04. The summed E-state index contributed by atoms with van der Waals surface area (Å²) in [6, 6.07) is 5.87. The average molecular weight is 279 g/mol. The molecule has 0 spiro atoms. The number of rotatable bonds is 7. The quantitative estimate of drug-likeness (QED) is 0.804. The van der Waals surface area contributed by atoms with Gasteiger partial charge in [0.1, 0.15) is 5.75 Å². The summed E-state index contributed by atoms with van der Waals surface area (Å²) < 4.78 is 5.57. The third-order valence-corrected chi connectivity index (χ3v) is 3.61. The molecule has 0 heterocycles. The van der Waals surface area contributed by atoms with Crippen LogP contribution < -0.4 is 10.1 Å². The zero-order chi connectivity index (χ0) is 15.1. The molecule has 2 N–H and O–H groups in total. The zero-order valence-electron chi connectivity index (χ0n) is 12.8. The fraction of sp³-hybridized carbons (Fsp3) is 0.562. The minimum atomic E-state index is -0.0540. The maximum absolute atomic E-state index is 11.7. The summed E-state index contributed by atoms with van der Waals surface area (Å²) in [7, 11) is 0. The van der Waals surface area contributed by atoms with Crippen molar-refractivity contribution in [1.82, 2.24) is 5.32 Å². The minimum Gasteiger partial charge on any atom is -0.493 e. The van der Waals surface area contributed by atoms with Gasteiger partial charge >= 0.3 is 0 Å².